The molecule has 126 valence electrons. The number of hydrogen-bond acceptors (Lipinski definition) is 1. The Hall–Kier alpha value is -2.09. The summed E-state index contributed by atoms with van der Waals surface area (Å²) in [5.41, 5.74) is 5.30. The maximum atomic E-state index is 2.47. The van der Waals surface area contributed by atoms with Crippen molar-refractivity contribution in [3.05, 3.63) is 70.5 Å². The van der Waals surface area contributed by atoms with Gasteiger partial charge in [-0.25, -0.2) is 0 Å². The van der Waals surface area contributed by atoms with Crippen LogP contribution < -0.4 is 13.9 Å². The van der Waals surface area contributed by atoms with Crippen molar-refractivity contribution >= 4 is 42.1 Å². The first-order valence-corrected chi connectivity index (χ1v) is 10.6. The summed E-state index contributed by atoms with van der Waals surface area (Å²) in [6, 6.07) is 20.1. The second-order valence-corrected chi connectivity index (χ2v) is 8.59. The normalized spacial score (nSPS) is 15.2. The van der Waals surface area contributed by atoms with Crippen molar-refractivity contribution in [3.8, 4) is 0 Å². The summed E-state index contributed by atoms with van der Waals surface area (Å²) in [5.74, 6) is 0. The molecule has 2 heterocycles. The molecule has 2 nitrogen and oxygen atoms in total. The van der Waals surface area contributed by atoms with E-state index in [1.54, 1.807) is 0 Å². The zero-order valence-corrected chi connectivity index (χ0v) is 16.7. The van der Waals surface area contributed by atoms with Gasteiger partial charge in [0.2, 0.25) is 0 Å². The van der Waals surface area contributed by atoms with Gasteiger partial charge in [0.1, 0.15) is 0 Å². The van der Waals surface area contributed by atoms with Crippen LogP contribution in [0.4, 0.5) is 5.69 Å². The van der Waals surface area contributed by atoms with Gasteiger partial charge in [-0.05, 0) is 0 Å². The minimum atomic E-state index is 0.375. The molecule has 1 aliphatic rings. The Morgan fingerprint density at radius 3 is 2.68 bits per heavy atom. The van der Waals surface area contributed by atoms with Gasteiger partial charge in [-0.2, -0.15) is 0 Å². The number of anilines is 1. The molecule has 0 N–H and O–H groups in total. The van der Waals surface area contributed by atoms with E-state index in [-0.39, 0.29) is 0 Å². The Morgan fingerprint density at radius 2 is 1.88 bits per heavy atom. The van der Waals surface area contributed by atoms with Crippen molar-refractivity contribution < 1.29 is 4.57 Å². The molecule has 1 aromatic heterocycles. The van der Waals surface area contributed by atoms with Crippen LogP contribution in [0.15, 0.2) is 59.2 Å². The van der Waals surface area contributed by atoms with Crippen LogP contribution in [0.1, 0.15) is 25.1 Å². The van der Waals surface area contributed by atoms with E-state index in [0.717, 1.165) is 13.1 Å². The summed E-state index contributed by atoms with van der Waals surface area (Å²) in [6.45, 7) is 8.62. The Kier molecular flexibility index (Phi) is 4.37. The number of para-hydroxylation sites is 1. The number of rotatable bonds is 3. The first kappa shape index (κ1) is 16.4. The SMILES string of the molecule is CCN1/C(=C\c2ccc3cc(C)ccc3[n+]2CC)[Se]c2ccccc21. The molecular formula is C22H23N2Se+. The fourth-order valence-electron chi connectivity index (χ4n) is 3.55. The molecule has 0 fully saturated rings. The van der Waals surface area contributed by atoms with Crippen LogP contribution in [0.5, 0.6) is 0 Å². The van der Waals surface area contributed by atoms with Crippen LogP contribution in [0.25, 0.3) is 17.0 Å². The van der Waals surface area contributed by atoms with Crippen molar-refractivity contribution in [1.82, 2.24) is 0 Å². The summed E-state index contributed by atoms with van der Waals surface area (Å²) in [5, 5.41) is 1.32. The molecule has 0 saturated heterocycles. The van der Waals surface area contributed by atoms with Gasteiger partial charge in [-0.1, -0.05) is 0 Å². The molecule has 0 atom stereocenters. The van der Waals surface area contributed by atoms with Crippen molar-refractivity contribution in [2.24, 2.45) is 0 Å². The second kappa shape index (κ2) is 6.67. The summed E-state index contributed by atoms with van der Waals surface area (Å²) >= 11 is 0.375. The van der Waals surface area contributed by atoms with E-state index in [4.69, 9.17) is 0 Å². The first-order valence-electron chi connectivity index (χ1n) is 8.90. The predicted octanol–water partition coefficient (Wildman–Crippen LogP) is 3.62. The molecule has 2 aromatic carbocycles. The van der Waals surface area contributed by atoms with Gasteiger partial charge in [0.15, 0.2) is 0 Å². The van der Waals surface area contributed by atoms with E-state index in [1.165, 1.54) is 36.9 Å². The average Bonchev–Trinajstić information content (AvgIpc) is 2.98. The summed E-state index contributed by atoms with van der Waals surface area (Å²) in [4.78, 5) is 2.47. The van der Waals surface area contributed by atoms with Crippen molar-refractivity contribution in [1.29, 1.82) is 0 Å². The van der Waals surface area contributed by atoms with E-state index in [2.05, 4.69) is 90.9 Å². The summed E-state index contributed by atoms with van der Waals surface area (Å²) in [6.07, 6.45) is 2.40. The molecule has 0 radical (unpaired) electrons. The molecule has 25 heavy (non-hydrogen) atoms. The molecular weight excluding hydrogens is 371 g/mol. The van der Waals surface area contributed by atoms with Gasteiger partial charge in [0, 0.05) is 0 Å². The monoisotopic (exact) mass is 395 g/mol. The Balaban J connectivity index is 1.83. The fraction of sp³-hybridized carbons (Fsp3) is 0.227. The third kappa shape index (κ3) is 2.88. The molecule has 0 amide bonds. The number of pyridine rings is 1. The molecule has 1 aliphatic heterocycles. The number of aromatic nitrogens is 1. The fourth-order valence-corrected chi connectivity index (χ4v) is 6.01. The number of hydrogen-bond donors (Lipinski definition) is 0. The van der Waals surface area contributed by atoms with Gasteiger partial charge in [0.05, 0.1) is 0 Å². The van der Waals surface area contributed by atoms with Gasteiger partial charge in [-0.3, -0.25) is 0 Å². The molecule has 0 aliphatic carbocycles. The molecule has 0 saturated carbocycles. The van der Waals surface area contributed by atoms with Crippen LogP contribution in [-0.4, -0.2) is 21.5 Å². The van der Waals surface area contributed by atoms with E-state index >= 15 is 0 Å². The third-order valence-electron chi connectivity index (χ3n) is 4.76. The Bertz CT molecular complexity index is 975. The van der Waals surface area contributed by atoms with Gasteiger partial charge in [-0.15, -0.1) is 0 Å². The van der Waals surface area contributed by atoms with E-state index in [1.807, 2.05) is 0 Å². The van der Waals surface area contributed by atoms with Crippen LogP contribution in [-0.2, 0) is 6.54 Å². The van der Waals surface area contributed by atoms with Crippen LogP contribution in [0.3, 0.4) is 0 Å². The first-order chi connectivity index (χ1) is 12.2. The van der Waals surface area contributed by atoms with E-state index < -0.39 is 0 Å². The Morgan fingerprint density at radius 1 is 1.04 bits per heavy atom. The number of aryl methyl sites for hydroxylation is 2. The number of fused-ring (bicyclic) bond motifs is 2. The molecule has 3 heteroatoms. The molecule has 3 aromatic rings. The average molecular weight is 394 g/mol. The topological polar surface area (TPSA) is 7.12 Å². The zero-order chi connectivity index (χ0) is 17.4. The standard InChI is InChI=1S/C22H23N2Se/c1-4-23-18(12-11-17-14-16(3)10-13-19(17)23)15-22-24(5-2)20-8-6-7-9-21(20)25-22/h6-15H,4-5H2,1-3H3/q+1. The molecule has 0 unspecified atom stereocenters. The van der Waals surface area contributed by atoms with Crippen molar-refractivity contribution in [2.45, 2.75) is 27.3 Å². The van der Waals surface area contributed by atoms with E-state index in [9.17, 15) is 0 Å². The summed E-state index contributed by atoms with van der Waals surface area (Å²) < 4.78 is 5.36. The molecule has 4 rings (SSSR count). The van der Waals surface area contributed by atoms with Gasteiger partial charge in [0.25, 0.3) is 0 Å². The minimum absolute atomic E-state index is 0.375. The van der Waals surface area contributed by atoms with Crippen LogP contribution in [0, 0.1) is 6.92 Å². The number of benzene rings is 2. The van der Waals surface area contributed by atoms with E-state index in [0.29, 0.717) is 15.0 Å². The number of nitrogens with zero attached hydrogens (tertiary/aromatic N) is 2. The quantitative estimate of drug-likeness (QED) is 0.486. The van der Waals surface area contributed by atoms with Gasteiger partial charge < -0.3 is 0 Å². The predicted molar refractivity (Wildman–Crippen MR) is 107 cm³/mol. The van der Waals surface area contributed by atoms with Crippen molar-refractivity contribution in [3.63, 3.8) is 0 Å². The van der Waals surface area contributed by atoms with Gasteiger partial charge >= 0.3 is 156 Å². The third-order valence-corrected chi connectivity index (χ3v) is 7.09. The Labute approximate surface area is 155 Å². The van der Waals surface area contributed by atoms with Crippen LogP contribution >= 0.6 is 0 Å². The molecule has 0 bridgehead atoms. The second-order valence-electron chi connectivity index (χ2n) is 6.36. The van der Waals surface area contributed by atoms with Crippen molar-refractivity contribution in [2.75, 3.05) is 11.4 Å². The summed E-state index contributed by atoms with van der Waals surface area (Å²) in [7, 11) is 0. The maximum absolute atomic E-state index is 2.47. The van der Waals surface area contributed by atoms with Crippen LogP contribution in [0.2, 0.25) is 0 Å². The zero-order valence-electron chi connectivity index (χ0n) is 15.0. The molecule has 0 spiro atoms.